The monoisotopic (exact) mass is 218 g/mol. The Balaban J connectivity index is 2.53. The predicted molar refractivity (Wildman–Crippen MR) is 63.6 cm³/mol. The molecule has 76 valence electrons. The van der Waals surface area contributed by atoms with Crippen molar-refractivity contribution in [2.45, 2.75) is 5.88 Å². The standard InChI is InChI=1S/C12H11ClN2/c13-7-10-6-12(14)15-8-11(10)9-4-2-1-3-5-9/h1-6,8H,7H2,(H2,14,15). The zero-order valence-corrected chi connectivity index (χ0v) is 8.91. The van der Waals surface area contributed by atoms with Crippen molar-refractivity contribution >= 4 is 17.4 Å². The third kappa shape index (κ3) is 2.10. The van der Waals surface area contributed by atoms with Crippen LogP contribution in [-0.2, 0) is 5.88 Å². The van der Waals surface area contributed by atoms with Crippen molar-refractivity contribution in [3.63, 3.8) is 0 Å². The second-order valence-electron chi connectivity index (χ2n) is 3.27. The van der Waals surface area contributed by atoms with Gasteiger partial charge in [-0.15, -0.1) is 11.6 Å². The highest BCUT2D eigenvalue weighted by Crippen LogP contribution is 2.25. The Labute approximate surface area is 93.7 Å². The summed E-state index contributed by atoms with van der Waals surface area (Å²) >= 11 is 5.87. The van der Waals surface area contributed by atoms with Crippen molar-refractivity contribution in [1.29, 1.82) is 0 Å². The van der Waals surface area contributed by atoms with Gasteiger partial charge >= 0.3 is 0 Å². The van der Waals surface area contributed by atoms with E-state index in [1.54, 1.807) is 6.20 Å². The van der Waals surface area contributed by atoms with Crippen LogP contribution in [0.15, 0.2) is 42.6 Å². The Morgan fingerprint density at radius 2 is 1.93 bits per heavy atom. The lowest BCUT2D eigenvalue weighted by molar-refractivity contribution is 1.28. The summed E-state index contributed by atoms with van der Waals surface area (Å²) in [5, 5.41) is 0. The number of nitrogen functional groups attached to an aromatic ring is 1. The maximum absolute atomic E-state index is 5.87. The summed E-state index contributed by atoms with van der Waals surface area (Å²) in [6.07, 6.45) is 1.77. The highest BCUT2D eigenvalue weighted by atomic mass is 35.5. The first-order valence-electron chi connectivity index (χ1n) is 4.67. The summed E-state index contributed by atoms with van der Waals surface area (Å²) in [5.74, 6) is 0.946. The van der Waals surface area contributed by atoms with Gasteiger partial charge in [0.25, 0.3) is 0 Å². The van der Waals surface area contributed by atoms with Crippen LogP contribution in [0.25, 0.3) is 11.1 Å². The minimum Gasteiger partial charge on any atom is -0.384 e. The average Bonchev–Trinajstić information content (AvgIpc) is 2.30. The minimum absolute atomic E-state index is 0.441. The van der Waals surface area contributed by atoms with Crippen LogP contribution in [0, 0.1) is 0 Å². The molecule has 0 bridgehead atoms. The maximum Gasteiger partial charge on any atom is 0.123 e. The molecule has 0 aliphatic heterocycles. The molecule has 0 aliphatic carbocycles. The fraction of sp³-hybridized carbons (Fsp3) is 0.0833. The Bertz CT molecular complexity index is 454. The van der Waals surface area contributed by atoms with E-state index in [0.717, 1.165) is 16.7 Å². The molecule has 3 heteroatoms. The van der Waals surface area contributed by atoms with Gasteiger partial charge in [-0.1, -0.05) is 30.3 Å². The molecule has 2 nitrogen and oxygen atoms in total. The first-order valence-corrected chi connectivity index (χ1v) is 5.20. The van der Waals surface area contributed by atoms with Crippen molar-refractivity contribution in [3.8, 4) is 11.1 Å². The molecule has 1 aromatic heterocycles. The number of aromatic nitrogens is 1. The van der Waals surface area contributed by atoms with Crippen molar-refractivity contribution in [3.05, 3.63) is 48.2 Å². The average molecular weight is 219 g/mol. The minimum atomic E-state index is 0.441. The van der Waals surface area contributed by atoms with Gasteiger partial charge in [0.1, 0.15) is 5.82 Å². The molecule has 1 heterocycles. The number of alkyl halides is 1. The van der Waals surface area contributed by atoms with Gasteiger partial charge in [0, 0.05) is 17.6 Å². The van der Waals surface area contributed by atoms with E-state index in [0.29, 0.717) is 11.7 Å². The van der Waals surface area contributed by atoms with E-state index in [1.165, 1.54) is 0 Å². The SMILES string of the molecule is Nc1cc(CCl)c(-c2ccccc2)cn1. The summed E-state index contributed by atoms with van der Waals surface area (Å²) < 4.78 is 0. The van der Waals surface area contributed by atoms with Crippen LogP contribution in [0.3, 0.4) is 0 Å². The summed E-state index contributed by atoms with van der Waals surface area (Å²) in [6, 6.07) is 11.8. The number of hydrogen-bond donors (Lipinski definition) is 1. The molecule has 2 rings (SSSR count). The van der Waals surface area contributed by atoms with Gasteiger partial charge in [-0.25, -0.2) is 4.98 Å². The van der Waals surface area contributed by atoms with Crippen LogP contribution >= 0.6 is 11.6 Å². The predicted octanol–water partition coefficient (Wildman–Crippen LogP) is 3.07. The molecule has 2 aromatic rings. The number of benzene rings is 1. The van der Waals surface area contributed by atoms with Crippen LogP contribution in [0.1, 0.15) is 5.56 Å². The number of nitrogens with zero attached hydrogens (tertiary/aromatic N) is 1. The van der Waals surface area contributed by atoms with E-state index in [9.17, 15) is 0 Å². The van der Waals surface area contributed by atoms with Gasteiger partial charge in [0.2, 0.25) is 0 Å². The maximum atomic E-state index is 5.87. The molecular weight excluding hydrogens is 208 g/mol. The normalized spacial score (nSPS) is 10.2. The summed E-state index contributed by atoms with van der Waals surface area (Å²) in [7, 11) is 0. The number of pyridine rings is 1. The highest BCUT2D eigenvalue weighted by molar-refractivity contribution is 6.17. The van der Waals surface area contributed by atoms with E-state index in [2.05, 4.69) is 4.98 Å². The van der Waals surface area contributed by atoms with E-state index in [1.807, 2.05) is 36.4 Å². The smallest absolute Gasteiger partial charge is 0.123 e. The van der Waals surface area contributed by atoms with Crippen molar-refractivity contribution in [2.75, 3.05) is 5.73 Å². The van der Waals surface area contributed by atoms with Crippen molar-refractivity contribution < 1.29 is 0 Å². The van der Waals surface area contributed by atoms with E-state index in [4.69, 9.17) is 17.3 Å². The summed E-state index contributed by atoms with van der Waals surface area (Å²) in [5.41, 5.74) is 8.77. The van der Waals surface area contributed by atoms with Gasteiger partial charge in [-0.3, -0.25) is 0 Å². The van der Waals surface area contributed by atoms with Gasteiger partial charge < -0.3 is 5.73 Å². The Kier molecular flexibility index (Phi) is 2.88. The molecule has 0 saturated carbocycles. The summed E-state index contributed by atoms with van der Waals surface area (Å²) in [6.45, 7) is 0. The molecule has 2 N–H and O–H groups in total. The number of hydrogen-bond acceptors (Lipinski definition) is 2. The van der Waals surface area contributed by atoms with E-state index >= 15 is 0 Å². The Morgan fingerprint density at radius 1 is 1.20 bits per heavy atom. The zero-order valence-electron chi connectivity index (χ0n) is 8.15. The molecule has 0 atom stereocenters. The van der Waals surface area contributed by atoms with Crippen molar-refractivity contribution in [2.24, 2.45) is 0 Å². The molecule has 0 fully saturated rings. The molecule has 0 unspecified atom stereocenters. The first kappa shape index (κ1) is 9.99. The number of rotatable bonds is 2. The number of halogens is 1. The summed E-state index contributed by atoms with van der Waals surface area (Å²) in [4.78, 5) is 4.08. The van der Waals surface area contributed by atoms with Crippen molar-refractivity contribution in [1.82, 2.24) is 4.98 Å². The lowest BCUT2D eigenvalue weighted by Gasteiger charge is -2.07. The zero-order chi connectivity index (χ0) is 10.7. The molecular formula is C12H11ClN2. The third-order valence-corrected chi connectivity index (χ3v) is 2.53. The van der Waals surface area contributed by atoms with Gasteiger partial charge in [-0.05, 0) is 17.2 Å². The lowest BCUT2D eigenvalue weighted by atomic mass is 10.0. The molecule has 0 saturated heterocycles. The highest BCUT2D eigenvalue weighted by Gasteiger charge is 2.04. The van der Waals surface area contributed by atoms with Gasteiger partial charge in [0.05, 0.1) is 0 Å². The quantitative estimate of drug-likeness (QED) is 0.787. The second-order valence-corrected chi connectivity index (χ2v) is 3.53. The topological polar surface area (TPSA) is 38.9 Å². The van der Waals surface area contributed by atoms with E-state index in [-0.39, 0.29) is 0 Å². The van der Waals surface area contributed by atoms with Crippen LogP contribution in [-0.4, -0.2) is 4.98 Å². The lowest BCUT2D eigenvalue weighted by Crippen LogP contribution is -1.94. The Morgan fingerprint density at radius 3 is 2.60 bits per heavy atom. The van der Waals surface area contributed by atoms with Crippen LogP contribution in [0.4, 0.5) is 5.82 Å². The third-order valence-electron chi connectivity index (χ3n) is 2.24. The fourth-order valence-corrected chi connectivity index (χ4v) is 1.72. The number of anilines is 1. The largest absolute Gasteiger partial charge is 0.384 e. The molecule has 0 radical (unpaired) electrons. The van der Waals surface area contributed by atoms with Gasteiger partial charge in [0.15, 0.2) is 0 Å². The Hall–Kier alpha value is -1.54. The molecule has 0 spiro atoms. The molecule has 15 heavy (non-hydrogen) atoms. The molecule has 0 amide bonds. The number of nitrogens with two attached hydrogens (primary N) is 1. The van der Waals surface area contributed by atoms with Gasteiger partial charge in [-0.2, -0.15) is 0 Å². The van der Waals surface area contributed by atoms with Crippen LogP contribution in [0.5, 0.6) is 0 Å². The molecule has 0 aliphatic rings. The van der Waals surface area contributed by atoms with Crippen LogP contribution in [0.2, 0.25) is 0 Å². The first-order chi connectivity index (χ1) is 7.31. The fourth-order valence-electron chi connectivity index (χ4n) is 1.50. The second kappa shape index (κ2) is 4.32. The molecule has 1 aromatic carbocycles. The van der Waals surface area contributed by atoms with Crippen LogP contribution < -0.4 is 5.73 Å². The van der Waals surface area contributed by atoms with E-state index < -0.39 is 0 Å².